The van der Waals surface area contributed by atoms with Gasteiger partial charge in [-0.05, 0) is 26.5 Å². The number of phenols is 1. The number of aromatic hydroxyl groups is 1. The molecule has 1 aliphatic heterocycles. The van der Waals surface area contributed by atoms with Gasteiger partial charge in [0, 0.05) is 36.4 Å². The molecule has 1 heterocycles. The van der Waals surface area contributed by atoms with Gasteiger partial charge in [0.05, 0.1) is 0 Å². The van der Waals surface area contributed by atoms with Crippen molar-refractivity contribution in [2.75, 3.05) is 24.5 Å². The van der Waals surface area contributed by atoms with E-state index < -0.39 is 0 Å². The molecule has 1 aromatic rings. The monoisotopic (exact) mass is 277 g/mol. The molecule has 0 aromatic heterocycles. The number of carbonyl (C=O) groups excluding carboxylic acids is 1. The predicted octanol–water partition coefficient (Wildman–Crippen LogP) is 1.39. The number of piperazine rings is 1. The van der Waals surface area contributed by atoms with E-state index in [1.807, 2.05) is 37.8 Å². The zero-order chi connectivity index (χ0) is 14.7. The van der Waals surface area contributed by atoms with Crippen molar-refractivity contribution in [3.05, 3.63) is 23.8 Å². The molecule has 1 amide bonds. The highest BCUT2D eigenvalue weighted by Gasteiger charge is 2.26. The highest BCUT2D eigenvalue weighted by atomic mass is 16.3. The minimum atomic E-state index is -0.208. The van der Waals surface area contributed by atoms with Crippen molar-refractivity contribution in [3.8, 4) is 5.75 Å². The summed E-state index contributed by atoms with van der Waals surface area (Å²) in [5.74, 6) is 0.301. The molecule has 0 aliphatic carbocycles. The summed E-state index contributed by atoms with van der Waals surface area (Å²) < 4.78 is 0. The molecule has 3 N–H and O–H groups in total. The van der Waals surface area contributed by atoms with Gasteiger partial charge in [-0.25, -0.2) is 0 Å². The summed E-state index contributed by atoms with van der Waals surface area (Å²) >= 11 is 0. The molecule has 2 atom stereocenters. The minimum Gasteiger partial charge on any atom is -0.508 e. The maximum absolute atomic E-state index is 11.7. The Morgan fingerprint density at radius 1 is 1.55 bits per heavy atom. The molecule has 1 saturated heterocycles. The van der Waals surface area contributed by atoms with Gasteiger partial charge in [-0.15, -0.1) is 0 Å². The number of nitrogens with zero attached hydrogens (tertiary/aromatic N) is 1. The summed E-state index contributed by atoms with van der Waals surface area (Å²) in [4.78, 5) is 13.7. The second kappa shape index (κ2) is 6.13. The SMILES string of the molecule is CCNC(C)c1ccc(N2CCNC(=O)C2C)cc1O. The van der Waals surface area contributed by atoms with Gasteiger partial charge in [0.2, 0.25) is 5.91 Å². The molecule has 2 unspecified atom stereocenters. The molecule has 2 rings (SSSR count). The highest BCUT2D eigenvalue weighted by molar-refractivity contribution is 5.86. The molecule has 1 aromatic carbocycles. The number of amides is 1. The minimum absolute atomic E-state index is 0.0286. The zero-order valence-electron chi connectivity index (χ0n) is 12.3. The smallest absolute Gasteiger partial charge is 0.242 e. The van der Waals surface area contributed by atoms with Gasteiger partial charge in [-0.2, -0.15) is 0 Å². The van der Waals surface area contributed by atoms with Crippen LogP contribution in [-0.4, -0.2) is 36.7 Å². The average Bonchev–Trinajstić information content (AvgIpc) is 2.42. The van der Waals surface area contributed by atoms with Crippen LogP contribution in [0.4, 0.5) is 5.69 Å². The Kier molecular flexibility index (Phi) is 4.49. The maximum atomic E-state index is 11.7. The molecule has 5 heteroatoms. The Bertz CT molecular complexity index is 490. The first-order valence-corrected chi connectivity index (χ1v) is 7.15. The lowest BCUT2D eigenvalue weighted by Crippen LogP contribution is -2.54. The van der Waals surface area contributed by atoms with Crippen LogP contribution in [0.15, 0.2) is 18.2 Å². The van der Waals surface area contributed by atoms with Gasteiger partial charge in [0.25, 0.3) is 0 Å². The summed E-state index contributed by atoms with van der Waals surface area (Å²) in [5, 5.41) is 16.3. The number of nitrogens with one attached hydrogen (secondary N) is 2. The van der Waals surface area contributed by atoms with Crippen molar-refractivity contribution in [2.24, 2.45) is 0 Å². The fraction of sp³-hybridized carbons (Fsp3) is 0.533. The van der Waals surface area contributed by atoms with Crippen molar-refractivity contribution in [2.45, 2.75) is 32.9 Å². The molecule has 5 nitrogen and oxygen atoms in total. The van der Waals surface area contributed by atoms with Gasteiger partial charge >= 0.3 is 0 Å². The molecular formula is C15H23N3O2. The molecule has 0 saturated carbocycles. The number of anilines is 1. The van der Waals surface area contributed by atoms with E-state index >= 15 is 0 Å². The standard InChI is InChI=1S/C15H23N3O2/c1-4-16-10(2)13-6-5-12(9-14(13)19)18-8-7-17-15(20)11(18)3/h5-6,9-11,16,19H,4,7-8H2,1-3H3,(H,17,20). The normalized spacial score (nSPS) is 20.6. The van der Waals surface area contributed by atoms with Crippen LogP contribution in [0.3, 0.4) is 0 Å². The van der Waals surface area contributed by atoms with E-state index in [1.165, 1.54) is 0 Å². The van der Waals surface area contributed by atoms with Crippen LogP contribution in [-0.2, 0) is 4.79 Å². The van der Waals surface area contributed by atoms with Gasteiger partial charge in [0.1, 0.15) is 11.8 Å². The van der Waals surface area contributed by atoms with Crippen molar-refractivity contribution < 1.29 is 9.90 Å². The number of carbonyl (C=O) groups is 1. The van der Waals surface area contributed by atoms with E-state index in [4.69, 9.17) is 0 Å². The van der Waals surface area contributed by atoms with Crippen molar-refractivity contribution in [1.82, 2.24) is 10.6 Å². The third-order valence-electron chi connectivity index (χ3n) is 3.82. The fourth-order valence-corrected chi connectivity index (χ4v) is 2.63. The second-order valence-electron chi connectivity index (χ2n) is 5.18. The first kappa shape index (κ1) is 14.7. The summed E-state index contributed by atoms with van der Waals surface area (Å²) in [6.07, 6.45) is 0. The molecule has 110 valence electrons. The molecular weight excluding hydrogens is 254 g/mol. The molecule has 1 fully saturated rings. The van der Waals surface area contributed by atoms with E-state index in [0.717, 1.165) is 24.3 Å². The van der Waals surface area contributed by atoms with Crippen molar-refractivity contribution >= 4 is 11.6 Å². The predicted molar refractivity (Wildman–Crippen MR) is 80.0 cm³/mol. The first-order valence-electron chi connectivity index (χ1n) is 7.15. The maximum Gasteiger partial charge on any atom is 0.242 e. The third-order valence-corrected chi connectivity index (χ3v) is 3.82. The Labute approximate surface area is 120 Å². The lowest BCUT2D eigenvalue weighted by atomic mass is 10.0. The largest absolute Gasteiger partial charge is 0.508 e. The van der Waals surface area contributed by atoms with Crippen LogP contribution in [0.1, 0.15) is 32.4 Å². The third kappa shape index (κ3) is 2.88. The topological polar surface area (TPSA) is 64.6 Å². The van der Waals surface area contributed by atoms with Crippen LogP contribution in [0.5, 0.6) is 5.75 Å². The van der Waals surface area contributed by atoms with Crippen LogP contribution in [0.2, 0.25) is 0 Å². The Balaban J connectivity index is 2.22. The van der Waals surface area contributed by atoms with Gasteiger partial charge in [0.15, 0.2) is 0 Å². The molecule has 1 aliphatic rings. The van der Waals surface area contributed by atoms with E-state index in [9.17, 15) is 9.90 Å². The Hall–Kier alpha value is -1.75. The number of phenolic OH excluding ortho intramolecular Hbond substituents is 1. The Morgan fingerprint density at radius 3 is 2.95 bits per heavy atom. The van der Waals surface area contributed by atoms with Gasteiger partial charge in [-0.3, -0.25) is 4.79 Å². The van der Waals surface area contributed by atoms with Gasteiger partial charge < -0.3 is 20.6 Å². The average molecular weight is 277 g/mol. The van der Waals surface area contributed by atoms with Crippen LogP contribution in [0, 0.1) is 0 Å². The number of benzene rings is 1. The number of hydrogen-bond donors (Lipinski definition) is 3. The fourth-order valence-electron chi connectivity index (χ4n) is 2.63. The van der Waals surface area contributed by atoms with Crippen molar-refractivity contribution in [3.63, 3.8) is 0 Å². The molecule has 0 radical (unpaired) electrons. The highest BCUT2D eigenvalue weighted by Crippen LogP contribution is 2.30. The number of hydrogen-bond acceptors (Lipinski definition) is 4. The Morgan fingerprint density at radius 2 is 2.30 bits per heavy atom. The second-order valence-corrected chi connectivity index (χ2v) is 5.18. The molecule has 0 bridgehead atoms. The van der Waals surface area contributed by atoms with E-state index in [2.05, 4.69) is 10.6 Å². The summed E-state index contributed by atoms with van der Waals surface area (Å²) in [6.45, 7) is 8.19. The van der Waals surface area contributed by atoms with E-state index in [0.29, 0.717) is 6.54 Å². The summed E-state index contributed by atoms with van der Waals surface area (Å²) in [6, 6.07) is 5.55. The molecule has 0 spiro atoms. The number of rotatable bonds is 4. The lowest BCUT2D eigenvalue weighted by Gasteiger charge is -2.35. The van der Waals surface area contributed by atoms with Crippen LogP contribution < -0.4 is 15.5 Å². The quantitative estimate of drug-likeness (QED) is 0.778. The van der Waals surface area contributed by atoms with E-state index in [-0.39, 0.29) is 23.7 Å². The summed E-state index contributed by atoms with van der Waals surface area (Å²) in [5.41, 5.74) is 1.77. The van der Waals surface area contributed by atoms with Gasteiger partial charge in [-0.1, -0.05) is 13.0 Å². The lowest BCUT2D eigenvalue weighted by molar-refractivity contribution is -0.122. The molecule has 20 heavy (non-hydrogen) atoms. The van der Waals surface area contributed by atoms with Crippen LogP contribution in [0.25, 0.3) is 0 Å². The first-order chi connectivity index (χ1) is 9.54. The summed E-state index contributed by atoms with van der Waals surface area (Å²) in [7, 11) is 0. The van der Waals surface area contributed by atoms with Crippen LogP contribution >= 0.6 is 0 Å². The zero-order valence-corrected chi connectivity index (χ0v) is 12.3. The van der Waals surface area contributed by atoms with Crippen molar-refractivity contribution in [1.29, 1.82) is 0 Å². The van der Waals surface area contributed by atoms with E-state index in [1.54, 1.807) is 6.07 Å².